The molecule has 9 heteroatoms. The first kappa shape index (κ1) is 33.5. The maximum atomic E-state index is 13.3. The third-order valence-electron chi connectivity index (χ3n) is 8.14. The molecule has 4 atom stereocenters. The fraction of sp³-hybridized carbons (Fsp3) is 0.576. The van der Waals surface area contributed by atoms with Gasteiger partial charge in [0, 0.05) is 42.6 Å². The van der Waals surface area contributed by atoms with Crippen LogP contribution in [0, 0.1) is 24.2 Å². The van der Waals surface area contributed by atoms with Gasteiger partial charge in [-0.05, 0) is 56.2 Å². The van der Waals surface area contributed by atoms with Crippen molar-refractivity contribution in [1.29, 1.82) is 0 Å². The summed E-state index contributed by atoms with van der Waals surface area (Å²) in [5.74, 6) is -1.20. The third kappa shape index (κ3) is 9.76. The van der Waals surface area contributed by atoms with Crippen LogP contribution in [0.2, 0.25) is 0 Å². The van der Waals surface area contributed by atoms with Gasteiger partial charge in [0.25, 0.3) is 0 Å². The monoisotopic (exact) mass is 598 g/mol. The van der Waals surface area contributed by atoms with E-state index in [0.29, 0.717) is 38.8 Å². The quantitative estimate of drug-likeness (QED) is 0.395. The molecular formula is C33H46N2O6S. The number of thiazole rings is 1. The van der Waals surface area contributed by atoms with E-state index in [2.05, 4.69) is 4.98 Å². The standard InChI is InChI=1S/C33H46N2O6S/c1-22-11-10-17-35(32(39)40-20-26-12-8-7-9-13-26)18-15-28(23(2)19-27-21-42-25(4)34-27)41-29(36)14-16-33(5,6)31(38)24(3)30(22)37/h7-9,12-13,19,21-22,24,28,30,37H,10-11,14-18,20H2,1-6H3/b23-19+/t22-,24+,28-,30-/m0/s1. The van der Waals surface area contributed by atoms with Crippen molar-refractivity contribution in [2.75, 3.05) is 13.1 Å². The number of aromatic nitrogens is 1. The number of carbonyl (C=O) groups is 3. The highest BCUT2D eigenvalue weighted by Gasteiger charge is 2.37. The summed E-state index contributed by atoms with van der Waals surface area (Å²) in [4.78, 5) is 45.8. The summed E-state index contributed by atoms with van der Waals surface area (Å²) in [6, 6.07) is 9.50. The average molecular weight is 599 g/mol. The van der Waals surface area contributed by atoms with E-state index >= 15 is 0 Å². The Hall–Kier alpha value is -3.04. The summed E-state index contributed by atoms with van der Waals surface area (Å²) in [5.41, 5.74) is 1.73. The average Bonchev–Trinajstić information content (AvgIpc) is 3.38. The van der Waals surface area contributed by atoms with Crippen molar-refractivity contribution in [3.05, 3.63) is 57.6 Å². The van der Waals surface area contributed by atoms with Crippen molar-refractivity contribution >= 4 is 35.3 Å². The highest BCUT2D eigenvalue weighted by molar-refractivity contribution is 7.09. The molecule has 1 aliphatic rings. The largest absolute Gasteiger partial charge is 0.458 e. The van der Waals surface area contributed by atoms with Gasteiger partial charge in [0.2, 0.25) is 0 Å². The molecule has 8 nitrogen and oxygen atoms in total. The molecule has 3 rings (SSSR count). The predicted octanol–water partition coefficient (Wildman–Crippen LogP) is 6.60. The van der Waals surface area contributed by atoms with Crippen LogP contribution >= 0.6 is 11.3 Å². The number of hydrogen-bond donors (Lipinski definition) is 1. The minimum atomic E-state index is -0.818. The van der Waals surface area contributed by atoms with Gasteiger partial charge in [-0.1, -0.05) is 58.0 Å². The van der Waals surface area contributed by atoms with E-state index in [4.69, 9.17) is 9.47 Å². The fourth-order valence-corrected chi connectivity index (χ4v) is 5.89. The maximum absolute atomic E-state index is 13.3. The van der Waals surface area contributed by atoms with Gasteiger partial charge in [-0.15, -0.1) is 11.3 Å². The lowest BCUT2D eigenvalue weighted by Crippen LogP contribution is -2.40. The van der Waals surface area contributed by atoms with E-state index in [9.17, 15) is 19.5 Å². The molecule has 230 valence electrons. The SMILES string of the molecule is C/C(=C\c1csc(C)n1)[C@@H]1CCN(C(=O)OCc2ccccc2)CCC[C@H](C)[C@H](O)[C@@H](C)C(=O)C(C)(C)CCC(=O)O1. The Morgan fingerprint density at radius 3 is 2.57 bits per heavy atom. The Morgan fingerprint density at radius 2 is 1.90 bits per heavy atom. The molecule has 42 heavy (non-hydrogen) atoms. The predicted molar refractivity (Wildman–Crippen MR) is 165 cm³/mol. The second-order valence-corrected chi connectivity index (χ2v) is 13.2. The van der Waals surface area contributed by atoms with Gasteiger partial charge in [0.1, 0.15) is 18.5 Å². The molecule has 1 saturated heterocycles. The molecule has 1 aliphatic heterocycles. The number of benzene rings is 1. The molecule has 1 aromatic heterocycles. The van der Waals surface area contributed by atoms with E-state index in [1.165, 1.54) is 0 Å². The Bertz CT molecular complexity index is 1220. The van der Waals surface area contributed by atoms with Gasteiger partial charge in [-0.3, -0.25) is 9.59 Å². The molecule has 0 unspecified atom stereocenters. The molecule has 1 aromatic carbocycles. The second-order valence-electron chi connectivity index (χ2n) is 12.1. The summed E-state index contributed by atoms with van der Waals surface area (Å²) in [7, 11) is 0. The smallest absolute Gasteiger partial charge is 0.410 e. The minimum Gasteiger partial charge on any atom is -0.458 e. The zero-order valence-corrected chi connectivity index (χ0v) is 26.6. The summed E-state index contributed by atoms with van der Waals surface area (Å²) >= 11 is 1.55. The number of esters is 1. The molecule has 0 radical (unpaired) electrons. The van der Waals surface area contributed by atoms with E-state index in [-0.39, 0.29) is 24.7 Å². The van der Waals surface area contributed by atoms with Crippen LogP contribution in [0.25, 0.3) is 6.08 Å². The summed E-state index contributed by atoms with van der Waals surface area (Å²) < 4.78 is 11.6. The van der Waals surface area contributed by atoms with Gasteiger partial charge in [0.15, 0.2) is 0 Å². The first-order chi connectivity index (χ1) is 19.9. The van der Waals surface area contributed by atoms with Crippen molar-refractivity contribution in [2.24, 2.45) is 17.3 Å². The Labute approximate surface area is 254 Å². The van der Waals surface area contributed by atoms with Crippen LogP contribution in [-0.2, 0) is 25.7 Å². The zero-order valence-electron chi connectivity index (χ0n) is 25.8. The number of aryl methyl sites for hydroxylation is 1. The number of ketones is 1. The summed E-state index contributed by atoms with van der Waals surface area (Å²) in [6.45, 7) is 12.1. The van der Waals surface area contributed by atoms with E-state index in [0.717, 1.165) is 21.8 Å². The summed E-state index contributed by atoms with van der Waals surface area (Å²) in [6.07, 6.45) is 2.11. The molecule has 2 heterocycles. The number of Topliss-reactive ketones (excluding diaryl/α,β-unsaturated/α-hetero) is 1. The third-order valence-corrected chi connectivity index (χ3v) is 8.93. The lowest BCUT2D eigenvalue weighted by atomic mass is 9.74. The van der Waals surface area contributed by atoms with E-state index in [1.54, 1.807) is 23.2 Å². The van der Waals surface area contributed by atoms with Crippen LogP contribution < -0.4 is 0 Å². The summed E-state index contributed by atoms with van der Waals surface area (Å²) in [5, 5.41) is 13.9. The topological polar surface area (TPSA) is 106 Å². The zero-order chi connectivity index (χ0) is 30.9. The molecule has 2 aromatic rings. The lowest BCUT2D eigenvalue weighted by molar-refractivity contribution is -0.149. The maximum Gasteiger partial charge on any atom is 0.410 e. The van der Waals surface area contributed by atoms with E-state index in [1.807, 2.05) is 76.4 Å². The molecule has 1 N–H and O–H groups in total. The van der Waals surface area contributed by atoms with Crippen molar-refractivity contribution in [1.82, 2.24) is 9.88 Å². The van der Waals surface area contributed by atoms with Gasteiger partial charge in [-0.25, -0.2) is 9.78 Å². The van der Waals surface area contributed by atoms with Crippen molar-refractivity contribution in [2.45, 2.75) is 92.5 Å². The molecule has 1 fully saturated rings. The number of amides is 1. The molecule has 0 spiro atoms. The van der Waals surface area contributed by atoms with Crippen LogP contribution in [-0.4, -0.2) is 58.1 Å². The second kappa shape index (κ2) is 15.4. The van der Waals surface area contributed by atoms with Crippen LogP contribution in [0.5, 0.6) is 0 Å². The first-order valence-corrected chi connectivity index (χ1v) is 15.7. The van der Waals surface area contributed by atoms with Crippen molar-refractivity contribution < 1.29 is 29.0 Å². The number of hydrogen-bond acceptors (Lipinski definition) is 8. The molecule has 1 amide bonds. The van der Waals surface area contributed by atoms with Crippen molar-refractivity contribution in [3.63, 3.8) is 0 Å². The van der Waals surface area contributed by atoms with Crippen molar-refractivity contribution in [3.8, 4) is 0 Å². The minimum absolute atomic E-state index is 0.0690. The number of carbonyl (C=O) groups excluding carboxylic acids is 3. The molecular weight excluding hydrogens is 552 g/mol. The van der Waals surface area contributed by atoms with Gasteiger partial charge in [-0.2, -0.15) is 0 Å². The highest BCUT2D eigenvalue weighted by Crippen LogP contribution is 2.32. The van der Waals surface area contributed by atoms with Crippen LogP contribution in [0.1, 0.15) is 83.0 Å². The van der Waals surface area contributed by atoms with Gasteiger partial charge in [0.05, 0.1) is 16.8 Å². The van der Waals surface area contributed by atoms with Gasteiger partial charge >= 0.3 is 12.1 Å². The van der Waals surface area contributed by atoms with E-state index < -0.39 is 35.6 Å². The first-order valence-electron chi connectivity index (χ1n) is 14.8. The van der Waals surface area contributed by atoms with Crippen LogP contribution in [0.3, 0.4) is 0 Å². The molecule has 0 saturated carbocycles. The molecule has 0 aliphatic carbocycles. The van der Waals surface area contributed by atoms with Crippen LogP contribution in [0.4, 0.5) is 4.79 Å². The lowest BCUT2D eigenvalue weighted by Gasteiger charge is -2.32. The number of nitrogens with zero attached hydrogens (tertiary/aromatic N) is 2. The Kier molecular flexibility index (Phi) is 12.3. The molecule has 0 bridgehead atoms. The Morgan fingerprint density at radius 1 is 1.19 bits per heavy atom. The number of cyclic esters (lactones) is 1. The van der Waals surface area contributed by atoms with Crippen LogP contribution in [0.15, 0.2) is 41.3 Å². The normalized spacial score (nSPS) is 25.1. The number of ether oxygens (including phenoxy) is 2. The highest BCUT2D eigenvalue weighted by atomic mass is 32.1. The number of aliphatic hydroxyl groups is 1. The number of aliphatic hydroxyl groups excluding tert-OH is 1. The Balaban J connectivity index is 1.84. The van der Waals surface area contributed by atoms with Gasteiger partial charge < -0.3 is 19.5 Å². The fourth-order valence-electron chi connectivity index (χ4n) is 5.32. The number of rotatable bonds is 4.